The maximum Gasteiger partial charge on any atom is 0.271 e. The fraction of sp³-hybridized carbons (Fsp3) is 0.455. The largest absolute Gasteiger partial charge is 0.337 e. The highest BCUT2D eigenvalue weighted by atomic mass is 32.2. The summed E-state index contributed by atoms with van der Waals surface area (Å²) in [6.07, 6.45) is 8.55. The van der Waals surface area contributed by atoms with E-state index in [0.29, 0.717) is 18.0 Å². The number of benzene rings is 1. The van der Waals surface area contributed by atoms with Crippen LogP contribution in [-0.4, -0.2) is 34.7 Å². The Morgan fingerprint density at radius 2 is 1.89 bits per heavy atom. The van der Waals surface area contributed by atoms with E-state index in [1.165, 1.54) is 22.9 Å². The molecule has 2 heterocycles. The third-order valence-electron chi connectivity index (χ3n) is 5.82. The lowest BCUT2D eigenvalue weighted by Crippen LogP contribution is -2.38. The van der Waals surface area contributed by atoms with Crippen LogP contribution in [0.3, 0.4) is 0 Å². The molecule has 1 fully saturated rings. The Morgan fingerprint density at radius 1 is 1.11 bits per heavy atom. The van der Waals surface area contributed by atoms with E-state index in [4.69, 9.17) is 0 Å². The first-order valence-corrected chi connectivity index (χ1v) is 10.9. The van der Waals surface area contributed by atoms with Crippen molar-refractivity contribution in [2.75, 3.05) is 13.1 Å². The number of carbonyl (C=O) groups excluding carboxylic acids is 2. The van der Waals surface area contributed by atoms with Gasteiger partial charge in [0.1, 0.15) is 5.70 Å². The normalized spacial score (nSPS) is 21.8. The Bertz CT molecular complexity index is 780. The molecule has 0 radical (unpaired) electrons. The summed E-state index contributed by atoms with van der Waals surface area (Å²) in [6.45, 7) is 1.60. The van der Waals surface area contributed by atoms with Gasteiger partial charge in [-0.05, 0) is 61.0 Å². The van der Waals surface area contributed by atoms with E-state index in [-0.39, 0.29) is 11.8 Å². The van der Waals surface area contributed by atoms with Crippen molar-refractivity contribution >= 4 is 23.6 Å². The zero-order valence-electron chi connectivity index (χ0n) is 15.6. The van der Waals surface area contributed by atoms with Gasteiger partial charge in [0.2, 0.25) is 5.91 Å². The van der Waals surface area contributed by atoms with E-state index in [0.717, 1.165) is 51.6 Å². The summed E-state index contributed by atoms with van der Waals surface area (Å²) in [4.78, 5) is 29.1. The number of fused-ring (bicyclic) bond motifs is 1. The van der Waals surface area contributed by atoms with E-state index >= 15 is 0 Å². The first-order chi connectivity index (χ1) is 13.2. The molecule has 3 aliphatic rings. The van der Waals surface area contributed by atoms with Crippen LogP contribution in [0.25, 0.3) is 0 Å². The SMILES string of the molecule is O=C(C1=CSC=CN1C(=O)CCC1CCc2ccccc2C1)N1CCCC1. The van der Waals surface area contributed by atoms with E-state index in [1.807, 2.05) is 15.7 Å². The van der Waals surface area contributed by atoms with Gasteiger partial charge in [-0.1, -0.05) is 24.3 Å². The molecular weight excluding hydrogens is 356 g/mol. The number of amides is 2. The van der Waals surface area contributed by atoms with Crippen molar-refractivity contribution in [1.82, 2.24) is 9.80 Å². The number of nitrogens with zero attached hydrogens (tertiary/aromatic N) is 2. The summed E-state index contributed by atoms with van der Waals surface area (Å²) in [6, 6.07) is 8.63. The summed E-state index contributed by atoms with van der Waals surface area (Å²) in [5, 5.41) is 3.69. The summed E-state index contributed by atoms with van der Waals surface area (Å²) in [5.74, 6) is 0.571. The molecule has 0 N–H and O–H groups in total. The van der Waals surface area contributed by atoms with E-state index in [1.54, 1.807) is 11.1 Å². The molecule has 0 spiro atoms. The van der Waals surface area contributed by atoms with Gasteiger partial charge in [-0.3, -0.25) is 14.5 Å². The second-order valence-electron chi connectivity index (χ2n) is 7.60. The van der Waals surface area contributed by atoms with Crippen molar-refractivity contribution < 1.29 is 9.59 Å². The van der Waals surface area contributed by atoms with Crippen LogP contribution in [0.4, 0.5) is 0 Å². The fourth-order valence-corrected chi connectivity index (χ4v) is 4.87. The van der Waals surface area contributed by atoms with Crippen molar-refractivity contribution in [1.29, 1.82) is 0 Å². The number of hydrogen-bond donors (Lipinski definition) is 0. The van der Waals surface area contributed by atoms with Crippen LogP contribution in [-0.2, 0) is 22.4 Å². The predicted octanol–water partition coefficient (Wildman–Crippen LogP) is 4.08. The molecule has 4 nitrogen and oxygen atoms in total. The summed E-state index contributed by atoms with van der Waals surface area (Å²) in [5.41, 5.74) is 3.40. The summed E-state index contributed by atoms with van der Waals surface area (Å²) in [7, 11) is 0. The highest BCUT2D eigenvalue weighted by Gasteiger charge is 2.29. The van der Waals surface area contributed by atoms with Crippen LogP contribution >= 0.6 is 11.8 Å². The van der Waals surface area contributed by atoms with Gasteiger partial charge >= 0.3 is 0 Å². The average molecular weight is 383 g/mol. The van der Waals surface area contributed by atoms with Crippen LogP contribution in [0.1, 0.15) is 43.2 Å². The van der Waals surface area contributed by atoms with Crippen LogP contribution in [0.2, 0.25) is 0 Å². The first-order valence-electron chi connectivity index (χ1n) is 9.93. The molecule has 142 valence electrons. The number of likely N-dealkylation sites (tertiary alicyclic amines) is 1. The minimum absolute atomic E-state index is 0.00991. The molecule has 27 heavy (non-hydrogen) atoms. The summed E-state index contributed by atoms with van der Waals surface area (Å²) < 4.78 is 0. The molecule has 2 aliphatic heterocycles. The molecule has 1 aliphatic carbocycles. The third kappa shape index (κ3) is 4.13. The highest BCUT2D eigenvalue weighted by Crippen LogP contribution is 2.30. The molecular formula is C22H26N2O2S. The Morgan fingerprint density at radius 3 is 2.70 bits per heavy atom. The standard InChI is InChI=1S/C22H26N2O2S/c25-21(10-8-17-7-9-18-5-1-2-6-19(18)15-17)24-13-14-27-16-20(24)22(26)23-11-3-4-12-23/h1-2,5-6,13-14,16-17H,3-4,7-12,15H2. The number of aryl methyl sites for hydroxylation is 1. The molecule has 1 aromatic carbocycles. The average Bonchev–Trinajstić information content (AvgIpc) is 3.26. The van der Waals surface area contributed by atoms with Gasteiger partial charge in [0.15, 0.2) is 0 Å². The highest BCUT2D eigenvalue weighted by molar-refractivity contribution is 8.05. The predicted molar refractivity (Wildman–Crippen MR) is 109 cm³/mol. The Kier molecular flexibility index (Phi) is 5.67. The van der Waals surface area contributed by atoms with E-state index in [9.17, 15) is 9.59 Å². The third-order valence-corrected chi connectivity index (χ3v) is 6.46. The smallest absolute Gasteiger partial charge is 0.271 e. The van der Waals surface area contributed by atoms with Gasteiger partial charge in [-0.25, -0.2) is 0 Å². The number of hydrogen-bond acceptors (Lipinski definition) is 3. The maximum absolute atomic E-state index is 12.9. The number of carbonyl (C=O) groups is 2. The molecule has 1 aromatic rings. The topological polar surface area (TPSA) is 40.6 Å². The molecule has 0 aromatic heterocycles. The minimum atomic E-state index is -0.00991. The van der Waals surface area contributed by atoms with Crippen LogP contribution in [0.5, 0.6) is 0 Å². The Balaban J connectivity index is 1.36. The molecule has 0 bridgehead atoms. The molecule has 1 atom stereocenters. The van der Waals surface area contributed by atoms with Crippen molar-refractivity contribution in [3.8, 4) is 0 Å². The van der Waals surface area contributed by atoms with Gasteiger partial charge in [-0.15, -0.1) is 11.8 Å². The number of rotatable bonds is 4. The van der Waals surface area contributed by atoms with Crippen LogP contribution in [0.15, 0.2) is 47.0 Å². The second kappa shape index (κ2) is 8.34. The fourth-order valence-electron chi connectivity index (χ4n) is 4.26. The molecule has 2 amide bonds. The second-order valence-corrected chi connectivity index (χ2v) is 8.38. The maximum atomic E-state index is 12.9. The Labute approximate surface area is 165 Å². The van der Waals surface area contributed by atoms with Gasteiger partial charge in [0.25, 0.3) is 5.91 Å². The van der Waals surface area contributed by atoms with Crippen molar-refractivity contribution in [3.05, 3.63) is 58.1 Å². The lowest BCUT2D eigenvalue weighted by atomic mass is 9.81. The molecule has 5 heteroatoms. The lowest BCUT2D eigenvalue weighted by molar-refractivity contribution is -0.134. The summed E-state index contributed by atoms with van der Waals surface area (Å²) >= 11 is 1.47. The minimum Gasteiger partial charge on any atom is -0.337 e. The molecule has 1 unspecified atom stereocenters. The van der Waals surface area contributed by atoms with Gasteiger partial charge in [0, 0.05) is 31.1 Å². The van der Waals surface area contributed by atoms with E-state index < -0.39 is 0 Å². The van der Waals surface area contributed by atoms with Gasteiger partial charge < -0.3 is 4.90 Å². The zero-order chi connectivity index (χ0) is 18.6. The van der Waals surface area contributed by atoms with Crippen LogP contribution < -0.4 is 0 Å². The van der Waals surface area contributed by atoms with E-state index in [2.05, 4.69) is 24.3 Å². The monoisotopic (exact) mass is 382 g/mol. The quantitative estimate of drug-likeness (QED) is 0.788. The lowest BCUT2D eigenvalue weighted by Gasteiger charge is -2.28. The zero-order valence-corrected chi connectivity index (χ0v) is 16.4. The van der Waals surface area contributed by atoms with Gasteiger partial charge in [0.05, 0.1) is 0 Å². The first kappa shape index (κ1) is 18.4. The Hall–Kier alpha value is -2.01. The van der Waals surface area contributed by atoms with Gasteiger partial charge in [-0.2, -0.15) is 0 Å². The van der Waals surface area contributed by atoms with Crippen molar-refractivity contribution in [3.63, 3.8) is 0 Å². The van der Waals surface area contributed by atoms with Crippen molar-refractivity contribution in [2.24, 2.45) is 5.92 Å². The van der Waals surface area contributed by atoms with Crippen LogP contribution in [0, 0.1) is 5.92 Å². The number of thioether (sulfide) groups is 1. The van der Waals surface area contributed by atoms with Crippen molar-refractivity contribution in [2.45, 2.75) is 44.9 Å². The molecule has 4 rings (SSSR count). The molecule has 1 saturated heterocycles. The molecule has 0 saturated carbocycles.